The minimum absolute atomic E-state index is 0.580. The monoisotopic (exact) mass is 190 g/mol. The molecule has 0 unspecified atom stereocenters. The average molecular weight is 190 g/mol. The van der Waals surface area contributed by atoms with E-state index in [1.54, 1.807) is 6.20 Å². The van der Waals surface area contributed by atoms with Gasteiger partial charge in [0, 0.05) is 12.7 Å². The van der Waals surface area contributed by atoms with Crippen LogP contribution >= 0.6 is 0 Å². The molecule has 3 N–H and O–H groups in total. The fraction of sp³-hybridized carbons (Fsp3) is 0.300. The molecule has 0 atom stereocenters. The van der Waals surface area contributed by atoms with Crippen molar-refractivity contribution in [2.45, 2.75) is 19.9 Å². The van der Waals surface area contributed by atoms with Crippen LogP contribution in [0.15, 0.2) is 24.5 Å². The van der Waals surface area contributed by atoms with Gasteiger partial charge in [0.15, 0.2) is 0 Å². The molecule has 0 spiro atoms. The second kappa shape index (κ2) is 3.57. The minimum atomic E-state index is 0.580. The molecule has 0 aliphatic carbocycles. The lowest BCUT2D eigenvalue weighted by Gasteiger charge is -2.06. The van der Waals surface area contributed by atoms with Crippen molar-refractivity contribution >= 4 is 5.95 Å². The number of rotatable bonds is 3. The number of nitrogens with two attached hydrogens (primary N) is 1. The topological polar surface area (TPSA) is 59.6 Å². The first-order valence-electron chi connectivity index (χ1n) is 4.77. The molecular formula is C10H14N4. The van der Waals surface area contributed by atoms with E-state index in [4.69, 9.17) is 5.73 Å². The Morgan fingerprint density at radius 1 is 1.57 bits per heavy atom. The maximum absolute atomic E-state index is 5.77. The van der Waals surface area contributed by atoms with Crippen LogP contribution in [0, 0.1) is 0 Å². The van der Waals surface area contributed by atoms with Crippen molar-refractivity contribution in [3.8, 4) is 11.4 Å². The number of H-pyrrole nitrogens is 1. The second-order valence-corrected chi connectivity index (χ2v) is 3.24. The van der Waals surface area contributed by atoms with Crippen LogP contribution in [0.2, 0.25) is 0 Å². The summed E-state index contributed by atoms with van der Waals surface area (Å²) in [6.07, 6.45) is 4.75. The number of nitrogen functional groups attached to an aromatic ring is 1. The van der Waals surface area contributed by atoms with Gasteiger partial charge in [-0.1, -0.05) is 6.92 Å². The van der Waals surface area contributed by atoms with Crippen LogP contribution in [0.1, 0.15) is 13.3 Å². The van der Waals surface area contributed by atoms with Crippen molar-refractivity contribution < 1.29 is 0 Å². The summed E-state index contributed by atoms with van der Waals surface area (Å²) in [4.78, 5) is 7.26. The van der Waals surface area contributed by atoms with Gasteiger partial charge >= 0.3 is 0 Å². The summed E-state index contributed by atoms with van der Waals surface area (Å²) < 4.78 is 2.02. The molecule has 4 nitrogen and oxygen atoms in total. The zero-order valence-corrected chi connectivity index (χ0v) is 8.20. The van der Waals surface area contributed by atoms with Gasteiger partial charge in [0.25, 0.3) is 0 Å². The fourth-order valence-electron chi connectivity index (χ4n) is 1.55. The number of nitrogens with one attached hydrogen (secondary N) is 1. The number of hydrogen-bond donors (Lipinski definition) is 2. The molecule has 4 heteroatoms. The summed E-state index contributed by atoms with van der Waals surface area (Å²) in [6, 6.07) is 3.98. The Morgan fingerprint density at radius 2 is 2.43 bits per heavy atom. The number of aromatic amines is 1. The van der Waals surface area contributed by atoms with Crippen LogP contribution < -0.4 is 5.73 Å². The molecule has 0 aliphatic heterocycles. The zero-order chi connectivity index (χ0) is 9.97. The maximum Gasteiger partial charge on any atom is 0.200 e. The third-order valence-corrected chi connectivity index (χ3v) is 2.21. The normalized spacial score (nSPS) is 10.6. The minimum Gasteiger partial charge on any atom is -0.369 e. The van der Waals surface area contributed by atoms with Gasteiger partial charge in [-0.3, -0.25) is 0 Å². The van der Waals surface area contributed by atoms with Crippen molar-refractivity contribution in [2.24, 2.45) is 0 Å². The molecule has 2 aromatic rings. The highest BCUT2D eigenvalue weighted by atomic mass is 15.2. The van der Waals surface area contributed by atoms with E-state index in [2.05, 4.69) is 16.9 Å². The molecule has 0 radical (unpaired) electrons. The smallest absolute Gasteiger partial charge is 0.200 e. The van der Waals surface area contributed by atoms with Gasteiger partial charge < -0.3 is 15.3 Å². The van der Waals surface area contributed by atoms with E-state index < -0.39 is 0 Å². The van der Waals surface area contributed by atoms with Crippen LogP contribution in [0.25, 0.3) is 11.4 Å². The van der Waals surface area contributed by atoms with Gasteiger partial charge in [0.1, 0.15) is 0 Å². The summed E-state index contributed by atoms with van der Waals surface area (Å²) in [5.41, 5.74) is 7.88. The molecule has 0 saturated heterocycles. The number of anilines is 1. The summed E-state index contributed by atoms with van der Waals surface area (Å²) in [7, 11) is 0. The van der Waals surface area contributed by atoms with Gasteiger partial charge in [-0.2, -0.15) is 0 Å². The van der Waals surface area contributed by atoms with E-state index in [0.717, 1.165) is 24.4 Å². The molecule has 0 fully saturated rings. The van der Waals surface area contributed by atoms with Crippen LogP contribution in [-0.4, -0.2) is 14.5 Å². The van der Waals surface area contributed by atoms with Crippen molar-refractivity contribution in [1.29, 1.82) is 0 Å². The Labute approximate surface area is 82.8 Å². The Morgan fingerprint density at radius 3 is 3.07 bits per heavy atom. The number of aromatic nitrogens is 3. The van der Waals surface area contributed by atoms with Crippen LogP contribution in [0.5, 0.6) is 0 Å². The van der Waals surface area contributed by atoms with Crippen molar-refractivity contribution in [3.63, 3.8) is 0 Å². The lowest BCUT2D eigenvalue weighted by molar-refractivity contribution is 0.692. The first-order valence-corrected chi connectivity index (χ1v) is 4.77. The van der Waals surface area contributed by atoms with E-state index in [1.807, 2.05) is 22.9 Å². The van der Waals surface area contributed by atoms with E-state index in [9.17, 15) is 0 Å². The van der Waals surface area contributed by atoms with Crippen molar-refractivity contribution in [2.75, 3.05) is 5.73 Å². The summed E-state index contributed by atoms with van der Waals surface area (Å²) in [6.45, 7) is 3.03. The molecule has 0 amide bonds. The van der Waals surface area contributed by atoms with Crippen molar-refractivity contribution in [1.82, 2.24) is 14.5 Å². The van der Waals surface area contributed by atoms with Gasteiger partial charge in [-0.25, -0.2) is 4.98 Å². The SMILES string of the molecule is CCCn1c(-c2ccc[nH]2)cnc1N. The average Bonchev–Trinajstić information content (AvgIpc) is 2.77. The predicted molar refractivity (Wildman–Crippen MR) is 56.7 cm³/mol. The third kappa shape index (κ3) is 1.39. The third-order valence-electron chi connectivity index (χ3n) is 2.21. The molecule has 2 rings (SSSR count). The van der Waals surface area contributed by atoms with E-state index in [1.165, 1.54) is 0 Å². The standard InChI is InChI=1S/C10H14N4/c1-2-6-14-9(7-13-10(14)11)8-4-3-5-12-8/h3-5,7,12H,2,6H2,1H3,(H2,11,13). The summed E-state index contributed by atoms with van der Waals surface area (Å²) in [5.74, 6) is 0.580. The number of imidazole rings is 1. The van der Waals surface area contributed by atoms with Crippen molar-refractivity contribution in [3.05, 3.63) is 24.5 Å². The van der Waals surface area contributed by atoms with Crippen LogP contribution in [0.3, 0.4) is 0 Å². The number of hydrogen-bond acceptors (Lipinski definition) is 2. The van der Waals surface area contributed by atoms with Crippen LogP contribution in [0.4, 0.5) is 5.95 Å². The van der Waals surface area contributed by atoms with Gasteiger partial charge in [-0.05, 0) is 18.6 Å². The Hall–Kier alpha value is -1.71. The fourth-order valence-corrected chi connectivity index (χ4v) is 1.55. The molecular weight excluding hydrogens is 176 g/mol. The van der Waals surface area contributed by atoms with E-state index >= 15 is 0 Å². The Bertz CT molecular complexity index is 400. The van der Waals surface area contributed by atoms with Gasteiger partial charge in [0.2, 0.25) is 5.95 Å². The van der Waals surface area contributed by atoms with E-state index in [-0.39, 0.29) is 0 Å². The zero-order valence-electron chi connectivity index (χ0n) is 8.20. The van der Waals surface area contributed by atoms with Gasteiger partial charge in [-0.15, -0.1) is 0 Å². The predicted octanol–water partition coefficient (Wildman–Crippen LogP) is 1.87. The molecule has 0 aromatic carbocycles. The Balaban J connectivity index is 2.43. The highest BCUT2D eigenvalue weighted by Crippen LogP contribution is 2.20. The second-order valence-electron chi connectivity index (χ2n) is 3.24. The maximum atomic E-state index is 5.77. The molecule has 74 valence electrons. The molecule has 2 heterocycles. The molecule has 0 saturated carbocycles. The lowest BCUT2D eigenvalue weighted by Crippen LogP contribution is -2.04. The van der Waals surface area contributed by atoms with Crippen LogP contribution in [-0.2, 0) is 6.54 Å². The highest BCUT2D eigenvalue weighted by molar-refractivity contribution is 5.56. The lowest BCUT2D eigenvalue weighted by atomic mass is 10.3. The Kier molecular flexibility index (Phi) is 2.26. The summed E-state index contributed by atoms with van der Waals surface area (Å²) >= 11 is 0. The largest absolute Gasteiger partial charge is 0.369 e. The van der Waals surface area contributed by atoms with Gasteiger partial charge in [0.05, 0.1) is 17.6 Å². The summed E-state index contributed by atoms with van der Waals surface area (Å²) in [5, 5.41) is 0. The molecule has 2 aromatic heterocycles. The molecule has 0 bridgehead atoms. The first kappa shape index (κ1) is 8.87. The first-order chi connectivity index (χ1) is 6.83. The molecule has 14 heavy (non-hydrogen) atoms. The number of nitrogens with zero attached hydrogens (tertiary/aromatic N) is 2. The van der Waals surface area contributed by atoms with E-state index in [0.29, 0.717) is 5.95 Å². The quantitative estimate of drug-likeness (QED) is 0.776. The molecule has 0 aliphatic rings. The highest BCUT2D eigenvalue weighted by Gasteiger charge is 2.08.